The molecule has 1 atom stereocenters. The minimum Gasteiger partial charge on any atom is -0.477 e. The maximum atomic E-state index is 11.6. The SMILES string of the molecule is O=C(COc1ccccc1[N+](=O)[O-])NCC1CCCO1. The quantitative estimate of drug-likeness (QED) is 0.626. The molecule has 1 saturated heterocycles. The second kappa shape index (κ2) is 6.85. The second-order valence-electron chi connectivity index (χ2n) is 4.45. The van der Waals surface area contributed by atoms with Crippen molar-refractivity contribution in [2.45, 2.75) is 18.9 Å². The van der Waals surface area contributed by atoms with Gasteiger partial charge in [0.2, 0.25) is 0 Å². The zero-order chi connectivity index (χ0) is 14.4. The number of hydrogen-bond donors (Lipinski definition) is 1. The van der Waals surface area contributed by atoms with Crippen LogP contribution in [-0.2, 0) is 9.53 Å². The summed E-state index contributed by atoms with van der Waals surface area (Å²) in [5.41, 5.74) is -0.153. The molecular weight excluding hydrogens is 264 g/mol. The van der Waals surface area contributed by atoms with E-state index >= 15 is 0 Å². The molecule has 2 rings (SSSR count). The van der Waals surface area contributed by atoms with Crippen molar-refractivity contribution in [3.8, 4) is 5.75 Å². The Labute approximate surface area is 116 Å². The van der Waals surface area contributed by atoms with Gasteiger partial charge in [-0.15, -0.1) is 0 Å². The maximum absolute atomic E-state index is 11.6. The van der Waals surface area contributed by atoms with Gasteiger partial charge in [-0.05, 0) is 18.9 Å². The minimum atomic E-state index is -0.542. The van der Waals surface area contributed by atoms with Crippen molar-refractivity contribution in [3.05, 3.63) is 34.4 Å². The molecule has 1 aliphatic heterocycles. The third kappa shape index (κ3) is 3.92. The topological polar surface area (TPSA) is 90.7 Å². The van der Waals surface area contributed by atoms with E-state index in [9.17, 15) is 14.9 Å². The molecule has 1 amide bonds. The Morgan fingerprint density at radius 2 is 2.30 bits per heavy atom. The van der Waals surface area contributed by atoms with Crippen molar-refractivity contribution in [2.24, 2.45) is 0 Å². The minimum absolute atomic E-state index is 0.0602. The molecule has 0 bridgehead atoms. The van der Waals surface area contributed by atoms with Crippen molar-refractivity contribution in [1.82, 2.24) is 5.32 Å². The van der Waals surface area contributed by atoms with Gasteiger partial charge in [0, 0.05) is 19.2 Å². The van der Waals surface area contributed by atoms with Crippen molar-refractivity contribution in [2.75, 3.05) is 19.8 Å². The zero-order valence-electron chi connectivity index (χ0n) is 10.9. The highest BCUT2D eigenvalue weighted by atomic mass is 16.6. The Morgan fingerprint density at radius 3 is 3.00 bits per heavy atom. The van der Waals surface area contributed by atoms with Crippen LogP contribution in [0.15, 0.2) is 24.3 Å². The number of carbonyl (C=O) groups excluding carboxylic acids is 1. The second-order valence-corrected chi connectivity index (χ2v) is 4.45. The molecule has 20 heavy (non-hydrogen) atoms. The summed E-state index contributed by atoms with van der Waals surface area (Å²) in [5, 5.41) is 13.5. The van der Waals surface area contributed by atoms with E-state index in [1.165, 1.54) is 12.1 Å². The van der Waals surface area contributed by atoms with Gasteiger partial charge in [-0.1, -0.05) is 12.1 Å². The van der Waals surface area contributed by atoms with E-state index in [0.717, 1.165) is 19.4 Å². The molecule has 1 heterocycles. The van der Waals surface area contributed by atoms with Crippen LogP contribution in [0.2, 0.25) is 0 Å². The number of benzene rings is 1. The number of carbonyl (C=O) groups is 1. The molecule has 0 aliphatic carbocycles. The van der Waals surface area contributed by atoms with E-state index in [1.807, 2.05) is 0 Å². The summed E-state index contributed by atoms with van der Waals surface area (Å²) in [6.45, 7) is 0.921. The Kier molecular flexibility index (Phi) is 4.89. The first-order valence-electron chi connectivity index (χ1n) is 6.41. The molecule has 7 nitrogen and oxygen atoms in total. The smallest absolute Gasteiger partial charge is 0.310 e. The number of ether oxygens (including phenoxy) is 2. The summed E-state index contributed by atoms with van der Waals surface area (Å²) < 4.78 is 10.6. The molecule has 0 aromatic heterocycles. The largest absolute Gasteiger partial charge is 0.477 e. The molecule has 7 heteroatoms. The van der Waals surface area contributed by atoms with Crippen LogP contribution in [0.3, 0.4) is 0 Å². The van der Waals surface area contributed by atoms with E-state index in [-0.39, 0.29) is 30.1 Å². The maximum Gasteiger partial charge on any atom is 0.310 e. The van der Waals surface area contributed by atoms with Crippen molar-refractivity contribution in [3.63, 3.8) is 0 Å². The molecule has 1 unspecified atom stereocenters. The third-order valence-electron chi connectivity index (χ3n) is 2.97. The lowest BCUT2D eigenvalue weighted by molar-refractivity contribution is -0.385. The molecule has 0 radical (unpaired) electrons. The van der Waals surface area contributed by atoms with Gasteiger partial charge >= 0.3 is 5.69 Å². The normalized spacial score (nSPS) is 17.7. The van der Waals surface area contributed by atoms with Gasteiger partial charge in [0.15, 0.2) is 12.4 Å². The highest BCUT2D eigenvalue weighted by Gasteiger charge is 2.17. The van der Waals surface area contributed by atoms with Crippen molar-refractivity contribution < 1.29 is 19.2 Å². The van der Waals surface area contributed by atoms with Crippen LogP contribution in [0.1, 0.15) is 12.8 Å². The van der Waals surface area contributed by atoms with Gasteiger partial charge in [0.05, 0.1) is 11.0 Å². The number of hydrogen-bond acceptors (Lipinski definition) is 5. The van der Waals surface area contributed by atoms with E-state index in [0.29, 0.717) is 6.54 Å². The van der Waals surface area contributed by atoms with E-state index < -0.39 is 4.92 Å². The Bertz CT molecular complexity index is 485. The Balaban J connectivity index is 1.79. The van der Waals surface area contributed by atoms with Crippen LogP contribution in [0, 0.1) is 10.1 Å². The average Bonchev–Trinajstić information content (AvgIpc) is 2.96. The molecule has 1 aliphatic rings. The summed E-state index contributed by atoms with van der Waals surface area (Å²) in [6, 6.07) is 5.96. The summed E-state index contributed by atoms with van der Waals surface area (Å²) in [6.07, 6.45) is 2.00. The molecule has 1 aromatic rings. The monoisotopic (exact) mass is 280 g/mol. The Hall–Kier alpha value is -2.15. The van der Waals surface area contributed by atoms with E-state index in [1.54, 1.807) is 12.1 Å². The molecular formula is C13H16N2O5. The first kappa shape index (κ1) is 14.3. The highest BCUT2D eigenvalue weighted by molar-refractivity contribution is 5.77. The molecule has 0 saturated carbocycles. The van der Waals surface area contributed by atoms with Crippen molar-refractivity contribution in [1.29, 1.82) is 0 Å². The fourth-order valence-corrected chi connectivity index (χ4v) is 1.96. The number of nitrogens with zero attached hydrogens (tertiary/aromatic N) is 1. The predicted molar refractivity (Wildman–Crippen MR) is 70.6 cm³/mol. The number of rotatable bonds is 6. The number of nitro groups is 1. The summed E-state index contributed by atoms with van der Waals surface area (Å²) in [7, 11) is 0. The average molecular weight is 280 g/mol. The van der Waals surface area contributed by atoms with Crippen LogP contribution in [0.5, 0.6) is 5.75 Å². The lowest BCUT2D eigenvalue weighted by Gasteiger charge is -2.11. The van der Waals surface area contributed by atoms with Gasteiger partial charge in [0.25, 0.3) is 5.91 Å². The molecule has 1 N–H and O–H groups in total. The fourth-order valence-electron chi connectivity index (χ4n) is 1.96. The van der Waals surface area contributed by atoms with Gasteiger partial charge in [-0.25, -0.2) is 0 Å². The van der Waals surface area contributed by atoms with Crippen LogP contribution < -0.4 is 10.1 Å². The highest BCUT2D eigenvalue weighted by Crippen LogP contribution is 2.25. The summed E-state index contributed by atoms with van der Waals surface area (Å²) >= 11 is 0. The van der Waals surface area contributed by atoms with Crippen LogP contribution in [-0.4, -0.2) is 36.7 Å². The number of nitro benzene ring substituents is 1. The zero-order valence-corrected chi connectivity index (χ0v) is 10.9. The molecule has 0 spiro atoms. The predicted octanol–water partition coefficient (Wildman–Crippen LogP) is 1.27. The third-order valence-corrected chi connectivity index (χ3v) is 2.97. The number of nitrogens with one attached hydrogen (secondary N) is 1. The van der Waals surface area contributed by atoms with Gasteiger partial charge in [-0.2, -0.15) is 0 Å². The van der Waals surface area contributed by atoms with E-state index in [2.05, 4.69) is 5.32 Å². The number of para-hydroxylation sites is 2. The molecule has 1 fully saturated rings. The van der Waals surface area contributed by atoms with Crippen LogP contribution >= 0.6 is 0 Å². The summed E-state index contributed by atoms with van der Waals surface area (Å²) in [5.74, 6) is -0.233. The van der Waals surface area contributed by atoms with Crippen LogP contribution in [0.4, 0.5) is 5.69 Å². The Morgan fingerprint density at radius 1 is 1.50 bits per heavy atom. The van der Waals surface area contributed by atoms with Gasteiger partial charge in [-0.3, -0.25) is 14.9 Å². The fraction of sp³-hybridized carbons (Fsp3) is 0.462. The molecule has 108 valence electrons. The van der Waals surface area contributed by atoms with Gasteiger partial charge < -0.3 is 14.8 Å². The summed E-state index contributed by atoms with van der Waals surface area (Å²) in [4.78, 5) is 21.8. The lowest BCUT2D eigenvalue weighted by Crippen LogP contribution is -2.35. The lowest BCUT2D eigenvalue weighted by atomic mass is 10.2. The number of amides is 1. The van der Waals surface area contributed by atoms with E-state index in [4.69, 9.17) is 9.47 Å². The first-order valence-corrected chi connectivity index (χ1v) is 6.41. The van der Waals surface area contributed by atoms with Crippen molar-refractivity contribution >= 4 is 11.6 Å². The standard InChI is InChI=1S/C13H16N2O5/c16-13(14-8-10-4-3-7-19-10)9-20-12-6-2-1-5-11(12)15(17)18/h1-2,5-6,10H,3-4,7-9H2,(H,14,16). The molecule has 1 aromatic carbocycles. The first-order chi connectivity index (χ1) is 9.66. The van der Waals surface area contributed by atoms with Gasteiger partial charge in [0.1, 0.15) is 0 Å². The van der Waals surface area contributed by atoms with Crippen LogP contribution in [0.25, 0.3) is 0 Å².